The summed E-state index contributed by atoms with van der Waals surface area (Å²) >= 11 is 5.62. The first kappa shape index (κ1) is 20.0. The average molecular weight is 307 g/mol. The maximum Gasteiger partial charge on any atom is 0.0223 e. The van der Waals surface area contributed by atoms with Crippen molar-refractivity contribution >= 4 is 11.6 Å². The molecule has 0 bridgehead atoms. The Balaban J connectivity index is 3.41. The highest BCUT2D eigenvalue weighted by molar-refractivity contribution is 6.17. The maximum absolute atomic E-state index is 5.62. The molecule has 0 fully saturated rings. The third-order valence-corrected chi connectivity index (χ3v) is 3.18. The SMILES string of the molecule is CC/C=C/C/C=C/C/C=C/C/C=C/C/C=C/CCCCCl. The molecule has 0 saturated heterocycles. The van der Waals surface area contributed by atoms with E-state index in [1.807, 2.05) is 0 Å². The summed E-state index contributed by atoms with van der Waals surface area (Å²) in [5.74, 6) is 0.782. The van der Waals surface area contributed by atoms with E-state index in [-0.39, 0.29) is 0 Å². The standard InChI is InChI=1S/C20H31Cl/c1-2-3-4-5-6-7-8-9-10-11-12-13-14-15-16-17-18-19-20-21/h3-4,6-7,9-10,12-13,15-16H,2,5,8,11,14,17-20H2,1H3/b4-3+,7-6+,10-9+,13-12+,16-15+. The second kappa shape index (κ2) is 19.0. The van der Waals surface area contributed by atoms with Crippen LogP contribution in [0.2, 0.25) is 0 Å². The van der Waals surface area contributed by atoms with Crippen molar-refractivity contribution in [3.8, 4) is 0 Å². The Morgan fingerprint density at radius 1 is 0.571 bits per heavy atom. The number of halogens is 1. The Labute approximate surface area is 137 Å². The van der Waals surface area contributed by atoms with Gasteiger partial charge in [0.25, 0.3) is 0 Å². The molecule has 0 unspecified atom stereocenters. The van der Waals surface area contributed by atoms with Crippen LogP contribution in [0.15, 0.2) is 60.8 Å². The molecular formula is C20H31Cl. The molecule has 1 heteroatoms. The molecular weight excluding hydrogens is 276 g/mol. The van der Waals surface area contributed by atoms with E-state index in [4.69, 9.17) is 11.6 Å². The summed E-state index contributed by atoms with van der Waals surface area (Å²) < 4.78 is 0. The van der Waals surface area contributed by atoms with Gasteiger partial charge in [-0.1, -0.05) is 67.7 Å². The second-order valence-corrected chi connectivity index (χ2v) is 5.27. The van der Waals surface area contributed by atoms with Crippen LogP contribution in [0.1, 0.15) is 58.3 Å². The number of rotatable bonds is 13. The van der Waals surface area contributed by atoms with E-state index in [1.54, 1.807) is 0 Å². The molecule has 0 aromatic rings. The van der Waals surface area contributed by atoms with E-state index in [2.05, 4.69) is 67.7 Å². The fraction of sp³-hybridized carbons (Fsp3) is 0.500. The third-order valence-electron chi connectivity index (χ3n) is 2.91. The minimum atomic E-state index is 0.782. The lowest BCUT2D eigenvalue weighted by atomic mass is 10.2. The van der Waals surface area contributed by atoms with Gasteiger partial charge in [-0.3, -0.25) is 0 Å². The molecule has 118 valence electrons. The highest BCUT2D eigenvalue weighted by Crippen LogP contribution is 2.00. The van der Waals surface area contributed by atoms with Crippen LogP contribution in [0, 0.1) is 0 Å². The predicted molar refractivity (Wildman–Crippen MR) is 99.0 cm³/mol. The van der Waals surface area contributed by atoms with Crippen molar-refractivity contribution in [2.24, 2.45) is 0 Å². The van der Waals surface area contributed by atoms with Gasteiger partial charge in [0, 0.05) is 5.88 Å². The van der Waals surface area contributed by atoms with Crippen LogP contribution < -0.4 is 0 Å². The van der Waals surface area contributed by atoms with E-state index >= 15 is 0 Å². The van der Waals surface area contributed by atoms with Crippen molar-refractivity contribution in [3.63, 3.8) is 0 Å². The number of hydrogen-bond donors (Lipinski definition) is 0. The third kappa shape index (κ3) is 19.0. The van der Waals surface area contributed by atoms with Crippen LogP contribution >= 0.6 is 11.6 Å². The molecule has 0 aliphatic heterocycles. The number of allylic oxidation sites excluding steroid dienone is 10. The first-order chi connectivity index (χ1) is 10.4. The van der Waals surface area contributed by atoms with Crippen molar-refractivity contribution in [2.45, 2.75) is 58.3 Å². The molecule has 0 rings (SSSR count). The van der Waals surface area contributed by atoms with Gasteiger partial charge in [-0.2, -0.15) is 0 Å². The summed E-state index contributed by atoms with van der Waals surface area (Å²) in [5, 5.41) is 0. The monoisotopic (exact) mass is 306 g/mol. The van der Waals surface area contributed by atoms with Crippen LogP contribution in [0.4, 0.5) is 0 Å². The van der Waals surface area contributed by atoms with Gasteiger partial charge in [-0.25, -0.2) is 0 Å². The zero-order valence-corrected chi connectivity index (χ0v) is 14.3. The van der Waals surface area contributed by atoms with Crippen LogP contribution in [0.25, 0.3) is 0 Å². The number of alkyl halides is 1. The molecule has 21 heavy (non-hydrogen) atoms. The molecule has 0 saturated carbocycles. The summed E-state index contributed by atoms with van der Waals surface area (Å²) in [6, 6.07) is 0. The fourth-order valence-corrected chi connectivity index (χ4v) is 1.91. The molecule has 0 aromatic heterocycles. The van der Waals surface area contributed by atoms with Crippen molar-refractivity contribution in [1.29, 1.82) is 0 Å². The van der Waals surface area contributed by atoms with Gasteiger partial charge in [0.1, 0.15) is 0 Å². The topological polar surface area (TPSA) is 0 Å². The highest BCUT2D eigenvalue weighted by atomic mass is 35.5. The van der Waals surface area contributed by atoms with Gasteiger partial charge in [0.05, 0.1) is 0 Å². The zero-order valence-electron chi connectivity index (χ0n) is 13.5. The minimum absolute atomic E-state index is 0.782. The fourth-order valence-electron chi connectivity index (χ4n) is 1.73. The smallest absolute Gasteiger partial charge is 0.0223 e. The molecule has 0 nitrogen and oxygen atoms in total. The summed E-state index contributed by atoms with van der Waals surface area (Å²) in [5.41, 5.74) is 0. The van der Waals surface area contributed by atoms with Gasteiger partial charge in [0.15, 0.2) is 0 Å². The van der Waals surface area contributed by atoms with E-state index in [9.17, 15) is 0 Å². The van der Waals surface area contributed by atoms with Crippen LogP contribution in [0.3, 0.4) is 0 Å². The molecule has 0 atom stereocenters. The van der Waals surface area contributed by atoms with E-state index in [0.29, 0.717) is 0 Å². The van der Waals surface area contributed by atoms with Crippen molar-refractivity contribution in [3.05, 3.63) is 60.8 Å². The van der Waals surface area contributed by atoms with E-state index in [0.717, 1.165) is 50.8 Å². The molecule has 0 aliphatic carbocycles. The van der Waals surface area contributed by atoms with Crippen LogP contribution in [-0.4, -0.2) is 5.88 Å². The van der Waals surface area contributed by atoms with Crippen LogP contribution in [0.5, 0.6) is 0 Å². The van der Waals surface area contributed by atoms with E-state index in [1.165, 1.54) is 6.42 Å². The van der Waals surface area contributed by atoms with Gasteiger partial charge in [-0.15, -0.1) is 11.6 Å². The van der Waals surface area contributed by atoms with Crippen LogP contribution in [-0.2, 0) is 0 Å². The molecule has 0 radical (unpaired) electrons. The largest absolute Gasteiger partial charge is 0.127 e. The van der Waals surface area contributed by atoms with Gasteiger partial charge in [-0.05, 0) is 51.4 Å². The summed E-state index contributed by atoms with van der Waals surface area (Å²) in [6.07, 6.45) is 31.0. The minimum Gasteiger partial charge on any atom is -0.127 e. The Kier molecular flexibility index (Phi) is 18.1. The number of hydrogen-bond acceptors (Lipinski definition) is 0. The Morgan fingerprint density at radius 3 is 1.43 bits per heavy atom. The lowest BCUT2D eigenvalue weighted by Crippen LogP contribution is -1.73. The van der Waals surface area contributed by atoms with Crippen molar-refractivity contribution in [2.75, 3.05) is 5.88 Å². The molecule has 0 aliphatic rings. The molecule has 0 spiro atoms. The summed E-state index contributed by atoms with van der Waals surface area (Å²) in [6.45, 7) is 2.16. The van der Waals surface area contributed by atoms with Crippen molar-refractivity contribution < 1.29 is 0 Å². The normalized spacial score (nSPS) is 13.0. The lowest BCUT2D eigenvalue weighted by Gasteiger charge is -1.89. The van der Waals surface area contributed by atoms with Crippen molar-refractivity contribution in [1.82, 2.24) is 0 Å². The predicted octanol–water partition coefficient (Wildman–Crippen LogP) is 7.15. The van der Waals surface area contributed by atoms with Gasteiger partial charge >= 0.3 is 0 Å². The lowest BCUT2D eigenvalue weighted by molar-refractivity contribution is 0.818. The summed E-state index contributed by atoms with van der Waals surface area (Å²) in [7, 11) is 0. The number of unbranched alkanes of at least 4 members (excludes halogenated alkanes) is 2. The average Bonchev–Trinajstić information content (AvgIpc) is 2.50. The van der Waals surface area contributed by atoms with Gasteiger partial charge < -0.3 is 0 Å². The first-order valence-corrected chi connectivity index (χ1v) is 8.76. The maximum atomic E-state index is 5.62. The Morgan fingerprint density at radius 2 is 1.00 bits per heavy atom. The zero-order chi connectivity index (χ0) is 15.4. The van der Waals surface area contributed by atoms with E-state index < -0.39 is 0 Å². The highest BCUT2D eigenvalue weighted by Gasteiger charge is 1.81. The molecule has 0 N–H and O–H groups in total. The Hall–Kier alpha value is -1.01. The molecule has 0 amide bonds. The Bertz CT molecular complexity index is 332. The molecule has 0 heterocycles. The first-order valence-electron chi connectivity index (χ1n) is 8.22. The molecule has 0 aromatic carbocycles. The second-order valence-electron chi connectivity index (χ2n) is 4.89. The quantitative estimate of drug-likeness (QED) is 0.192. The van der Waals surface area contributed by atoms with Gasteiger partial charge in [0.2, 0.25) is 0 Å². The summed E-state index contributed by atoms with van der Waals surface area (Å²) in [4.78, 5) is 0.